The molecule has 0 aliphatic carbocycles. The van der Waals surface area contributed by atoms with E-state index in [2.05, 4.69) is 15.4 Å². The highest BCUT2D eigenvalue weighted by molar-refractivity contribution is 6.30. The first-order valence-corrected chi connectivity index (χ1v) is 8.35. The third-order valence-corrected chi connectivity index (χ3v) is 3.86. The highest BCUT2D eigenvalue weighted by atomic mass is 35.5. The normalized spacial score (nSPS) is 10.1. The first-order valence-electron chi connectivity index (χ1n) is 7.97. The molecule has 0 heterocycles. The van der Waals surface area contributed by atoms with Crippen molar-refractivity contribution in [3.05, 3.63) is 64.7 Å². The van der Waals surface area contributed by atoms with Crippen LogP contribution in [0.25, 0.3) is 0 Å². The van der Waals surface area contributed by atoms with Gasteiger partial charge < -0.3 is 15.4 Å². The molecule has 2 amide bonds. The van der Waals surface area contributed by atoms with Crippen LogP contribution in [0.1, 0.15) is 22.3 Å². The van der Waals surface area contributed by atoms with Gasteiger partial charge in [-0.05, 0) is 48.4 Å². The van der Waals surface area contributed by atoms with Crippen LogP contribution in [-0.2, 0) is 20.7 Å². The number of methoxy groups -OCH3 is 1. The average Bonchev–Trinajstić information content (AvgIpc) is 2.66. The first kappa shape index (κ1) is 19.5. The van der Waals surface area contributed by atoms with Gasteiger partial charge >= 0.3 is 5.97 Å². The zero-order chi connectivity index (χ0) is 18.9. The number of amides is 2. The van der Waals surface area contributed by atoms with Crippen molar-refractivity contribution in [3.63, 3.8) is 0 Å². The number of nitrogens with one attached hydrogen (secondary N) is 2. The standard InChI is InChI=1S/C19H19ClN2O4/c1-26-18(24)12-21-19(25)14-5-9-16(10-6-14)22-17(23)11-4-13-2-7-15(20)8-3-13/h2-3,5-10H,4,11-12H2,1H3,(H,21,25)(H,22,23). The monoisotopic (exact) mass is 374 g/mol. The second-order valence-electron chi connectivity index (χ2n) is 5.51. The molecule has 2 N–H and O–H groups in total. The van der Waals surface area contributed by atoms with Crippen LogP contribution in [0.3, 0.4) is 0 Å². The Morgan fingerprint density at radius 2 is 1.65 bits per heavy atom. The van der Waals surface area contributed by atoms with Crippen LogP contribution in [0.5, 0.6) is 0 Å². The third-order valence-electron chi connectivity index (χ3n) is 3.61. The van der Waals surface area contributed by atoms with Gasteiger partial charge in [0, 0.05) is 22.7 Å². The van der Waals surface area contributed by atoms with E-state index in [-0.39, 0.29) is 12.5 Å². The lowest BCUT2D eigenvalue weighted by atomic mass is 10.1. The largest absolute Gasteiger partial charge is 0.468 e. The number of ether oxygens (including phenoxy) is 1. The molecule has 0 radical (unpaired) electrons. The summed E-state index contributed by atoms with van der Waals surface area (Å²) in [5.74, 6) is -1.04. The molecule has 7 heteroatoms. The van der Waals surface area contributed by atoms with Crippen molar-refractivity contribution in [2.45, 2.75) is 12.8 Å². The fourth-order valence-electron chi connectivity index (χ4n) is 2.16. The fraction of sp³-hybridized carbons (Fsp3) is 0.211. The Balaban J connectivity index is 1.82. The summed E-state index contributed by atoms with van der Waals surface area (Å²) >= 11 is 5.83. The summed E-state index contributed by atoms with van der Waals surface area (Å²) < 4.78 is 4.45. The summed E-state index contributed by atoms with van der Waals surface area (Å²) in [5.41, 5.74) is 2.01. The summed E-state index contributed by atoms with van der Waals surface area (Å²) in [6.07, 6.45) is 0.944. The van der Waals surface area contributed by atoms with Gasteiger partial charge in [0.1, 0.15) is 6.54 Å². The predicted molar refractivity (Wildman–Crippen MR) is 99.2 cm³/mol. The molecule has 0 saturated carbocycles. The molecule has 0 spiro atoms. The van der Waals surface area contributed by atoms with E-state index in [1.165, 1.54) is 7.11 Å². The Kier molecular flexibility index (Phi) is 7.17. The Hall–Kier alpha value is -2.86. The van der Waals surface area contributed by atoms with E-state index in [4.69, 9.17) is 11.6 Å². The maximum Gasteiger partial charge on any atom is 0.325 e. The quantitative estimate of drug-likeness (QED) is 0.730. The number of carbonyl (C=O) groups is 3. The van der Waals surface area contributed by atoms with E-state index in [1.807, 2.05) is 12.1 Å². The molecule has 0 atom stereocenters. The van der Waals surface area contributed by atoms with Crippen LogP contribution in [0.2, 0.25) is 5.02 Å². The average molecular weight is 375 g/mol. The lowest BCUT2D eigenvalue weighted by Gasteiger charge is -2.07. The van der Waals surface area contributed by atoms with Crippen molar-refractivity contribution in [2.75, 3.05) is 19.0 Å². The van der Waals surface area contributed by atoms with Crippen LogP contribution < -0.4 is 10.6 Å². The molecule has 0 fully saturated rings. The van der Waals surface area contributed by atoms with Crippen molar-refractivity contribution < 1.29 is 19.1 Å². The molecule has 0 unspecified atom stereocenters. The Morgan fingerprint density at radius 3 is 2.27 bits per heavy atom. The molecule has 2 aromatic rings. The number of esters is 1. The van der Waals surface area contributed by atoms with Crippen molar-refractivity contribution >= 4 is 35.1 Å². The fourth-order valence-corrected chi connectivity index (χ4v) is 2.29. The van der Waals surface area contributed by atoms with E-state index in [0.717, 1.165) is 5.56 Å². The minimum absolute atomic E-state index is 0.122. The first-order chi connectivity index (χ1) is 12.5. The Morgan fingerprint density at radius 1 is 1.00 bits per heavy atom. The van der Waals surface area contributed by atoms with Gasteiger partial charge in [-0.3, -0.25) is 14.4 Å². The molecule has 0 aliphatic heterocycles. The minimum Gasteiger partial charge on any atom is -0.468 e. The Labute approximate surface area is 156 Å². The van der Waals surface area contributed by atoms with E-state index >= 15 is 0 Å². The molecular formula is C19H19ClN2O4. The number of hydrogen-bond acceptors (Lipinski definition) is 4. The highest BCUT2D eigenvalue weighted by Crippen LogP contribution is 2.13. The molecule has 0 bridgehead atoms. The summed E-state index contributed by atoms with van der Waals surface area (Å²) in [6, 6.07) is 13.8. The van der Waals surface area contributed by atoms with Gasteiger partial charge in [-0.2, -0.15) is 0 Å². The zero-order valence-corrected chi connectivity index (χ0v) is 15.0. The summed E-state index contributed by atoms with van der Waals surface area (Å²) in [5, 5.41) is 5.88. The van der Waals surface area contributed by atoms with Crippen LogP contribution >= 0.6 is 11.6 Å². The van der Waals surface area contributed by atoms with Gasteiger partial charge in [0.05, 0.1) is 7.11 Å². The lowest BCUT2D eigenvalue weighted by Crippen LogP contribution is -2.30. The van der Waals surface area contributed by atoms with E-state index in [9.17, 15) is 14.4 Å². The smallest absolute Gasteiger partial charge is 0.325 e. The number of aryl methyl sites for hydroxylation is 1. The maximum absolute atomic E-state index is 12.0. The predicted octanol–water partition coefficient (Wildman–Crippen LogP) is 2.81. The van der Waals surface area contributed by atoms with Gasteiger partial charge in [-0.25, -0.2) is 0 Å². The molecule has 136 valence electrons. The second-order valence-corrected chi connectivity index (χ2v) is 5.95. The molecule has 2 aromatic carbocycles. The van der Waals surface area contributed by atoms with Crippen molar-refractivity contribution in [3.8, 4) is 0 Å². The third kappa shape index (κ3) is 6.22. The van der Waals surface area contributed by atoms with E-state index in [1.54, 1.807) is 36.4 Å². The van der Waals surface area contributed by atoms with Gasteiger partial charge in [0.2, 0.25) is 5.91 Å². The van der Waals surface area contributed by atoms with Gasteiger partial charge in [0.15, 0.2) is 0 Å². The van der Waals surface area contributed by atoms with Crippen LogP contribution in [0, 0.1) is 0 Å². The van der Waals surface area contributed by atoms with Gasteiger partial charge in [-0.1, -0.05) is 23.7 Å². The van der Waals surface area contributed by atoms with Crippen LogP contribution in [0.15, 0.2) is 48.5 Å². The van der Waals surface area contributed by atoms with E-state index in [0.29, 0.717) is 29.1 Å². The maximum atomic E-state index is 12.0. The summed E-state index contributed by atoms with van der Waals surface area (Å²) in [7, 11) is 1.25. The minimum atomic E-state index is -0.525. The number of anilines is 1. The molecule has 0 aromatic heterocycles. The molecule has 0 aliphatic rings. The zero-order valence-electron chi connectivity index (χ0n) is 14.3. The number of halogens is 1. The Bertz CT molecular complexity index is 773. The number of hydrogen-bond donors (Lipinski definition) is 2. The lowest BCUT2D eigenvalue weighted by molar-refractivity contribution is -0.139. The van der Waals surface area contributed by atoms with Crippen LogP contribution in [-0.4, -0.2) is 31.4 Å². The van der Waals surface area contributed by atoms with Gasteiger partial charge in [-0.15, -0.1) is 0 Å². The SMILES string of the molecule is COC(=O)CNC(=O)c1ccc(NC(=O)CCc2ccc(Cl)cc2)cc1. The topological polar surface area (TPSA) is 84.5 Å². The summed E-state index contributed by atoms with van der Waals surface area (Å²) in [6.45, 7) is -0.196. The second kappa shape index (κ2) is 9.58. The highest BCUT2D eigenvalue weighted by Gasteiger charge is 2.09. The molecule has 26 heavy (non-hydrogen) atoms. The number of rotatable bonds is 7. The number of benzene rings is 2. The van der Waals surface area contributed by atoms with Crippen molar-refractivity contribution in [2.24, 2.45) is 0 Å². The van der Waals surface area contributed by atoms with E-state index < -0.39 is 11.9 Å². The molecule has 2 rings (SSSR count). The van der Waals surface area contributed by atoms with Crippen LogP contribution in [0.4, 0.5) is 5.69 Å². The molecular weight excluding hydrogens is 356 g/mol. The van der Waals surface area contributed by atoms with Crippen molar-refractivity contribution in [1.29, 1.82) is 0 Å². The molecule has 0 saturated heterocycles. The molecule has 6 nitrogen and oxygen atoms in total. The number of carbonyl (C=O) groups excluding carboxylic acids is 3. The van der Waals surface area contributed by atoms with Gasteiger partial charge in [0.25, 0.3) is 5.91 Å². The summed E-state index contributed by atoms with van der Waals surface area (Å²) in [4.78, 5) is 34.9. The van der Waals surface area contributed by atoms with Crippen molar-refractivity contribution in [1.82, 2.24) is 5.32 Å².